The van der Waals surface area contributed by atoms with E-state index in [4.69, 9.17) is 4.42 Å². The Morgan fingerprint density at radius 3 is 2.75 bits per heavy atom. The van der Waals surface area contributed by atoms with E-state index in [0.29, 0.717) is 18.7 Å². The van der Waals surface area contributed by atoms with Crippen molar-refractivity contribution in [1.29, 1.82) is 0 Å². The summed E-state index contributed by atoms with van der Waals surface area (Å²) in [5.74, 6) is 1.25. The van der Waals surface area contributed by atoms with Gasteiger partial charge < -0.3 is 9.32 Å². The lowest BCUT2D eigenvalue weighted by atomic mass is 10.2. The Bertz CT molecular complexity index is 912. The minimum absolute atomic E-state index is 0.160. The first-order chi connectivity index (χ1) is 11.4. The van der Waals surface area contributed by atoms with Crippen LogP contribution in [-0.2, 0) is 21.2 Å². The van der Waals surface area contributed by atoms with Gasteiger partial charge in [0.15, 0.2) is 0 Å². The van der Waals surface area contributed by atoms with Gasteiger partial charge in [-0.2, -0.15) is 0 Å². The number of hydrogen-bond donors (Lipinski definition) is 1. The monoisotopic (exact) mass is 346 g/mol. The molecule has 1 aliphatic rings. The van der Waals surface area contributed by atoms with Gasteiger partial charge in [0.25, 0.3) is 5.91 Å². The van der Waals surface area contributed by atoms with Crippen LogP contribution in [0.25, 0.3) is 6.08 Å². The molecule has 2 heterocycles. The highest BCUT2D eigenvalue weighted by Gasteiger charge is 2.25. The zero-order valence-corrected chi connectivity index (χ0v) is 14.3. The van der Waals surface area contributed by atoms with Crippen LogP contribution in [0.1, 0.15) is 17.1 Å². The molecule has 0 unspecified atom stereocenters. The molecular formula is C17H18N2O4S. The molecule has 2 aromatic rings. The van der Waals surface area contributed by atoms with Crippen LogP contribution in [-0.4, -0.2) is 27.9 Å². The Morgan fingerprint density at radius 1 is 1.29 bits per heavy atom. The first kappa shape index (κ1) is 16.5. The van der Waals surface area contributed by atoms with Gasteiger partial charge in [0.1, 0.15) is 11.5 Å². The van der Waals surface area contributed by atoms with Crippen LogP contribution in [0, 0.1) is 6.92 Å². The van der Waals surface area contributed by atoms with Gasteiger partial charge >= 0.3 is 0 Å². The van der Waals surface area contributed by atoms with Crippen LogP contribution in [0.15, 0.2) is 45.7 Å². The SMILES string of the molecule is CNS(=O)(=O)c1ccc2c(c1)CCN2C(=O)/C=C/c1ccc(C)o1. The Labute approximate surface area is 140 Å². The minimum atomic E-state index is -3.48. The summed E-state index contributed by atoms with van der Waals surface area (Å²) in [6.45, 7) is 2.37. The van der Waals surface area contributed by atoms with Crippen molar-refractivity contribution in [3.63, 3.8) is 0 Å². The van der Waals surface area contributed by atoms with Gasteiger partial charge in [-0.05, 0) is 62.4 Å². The largest absolute Gasteiger partial charge is 0.462 e. The molecule has 126 valence electrons. The number of rotatable bonds is 4. The Kier molecular flexibility index (Phi) is 4.29. The number of nitrogens with one attached hydrogen (secondary N) is 1. The maximum atomic E-state index is 12.4. The zero-order chi connectivity index (χ0) is 17.3. The van der Waals surface area contributed by atoms with Gasteiger partial charge in [-0.25, -0.2) is 13.1 Å². The zero-order valence-electron chi connectivity index (χ0n) is 13.4. The van der Waals surface area contributed by atoms with E-state index in [0.717, 1.165) is 17.0 Å². The Balaban J connectivity index is 1.82. The summed E-state index contributed by atoms with van der Waals surface area (Å²) < 4.78 is 31.4. The predicted octanol–water partition coefficient (Wildman–Crippen LogP) is 2.10. The summed E-state index contributed by atoms with van der Waals surface area (Å²) in [5, 5.41) is 0. The average molecular weight is 346 g/mol. The molecule has 3 rings (SSSR count). The molecule has 0 spiro atoms. The van der Waals surface area contributed by atoms with Crippen molar-refractivity contribution in [3.8, 4) is 0 Å². The van der Waals surface area contributed by atoms with Crippen molar-refractivity contribution < 1.29 is 17.6 Å². The summed E-state index contributed by atoms with van der Waals surface area (Å²) in [5.41, 5.74) is 1.59. The van der Waals surface area contributed by atoms with E-state index in [9.17, 15) is 13.2 Å². The van der Waals surface area contributed by atoms with Crippen molar-refractivity contribution in [1.82, 2.24) is 4.72 Å². The number of fused-ring (bicyclic) bond motifs is 1. The predicted molar refractivity (Wildman–Crippen MR) is 91.2 cm³/mol. The maximum absolute atomic E-state index is 12.4. The van der Waals surface area contributed by atoms with E-state index < -0.39 is 10.0 Å². The number of amides is 1. The summed E-state index contributed by atoms with van der Waals surface area (Å²) in [4.78, 5) is 14.2. The summed E-state index contributed by atoms with van der Waals surface area (Å²) in [7, 11) is -2.11. The third kappa shape index (κ3) is 3.13. The smallest absolute Gasteiger partial charge is 0.251 e. The highest BCUT2D eigenvalue weighted by Crippen LogP contribution is 2.30. The van der Waals surface area contributed by atoms with Crippen molar-refractivity contribution in [2.75, 3.05) is 18.5 Å². The Hall–Kier alpha value is -2.38. The third-order valence-corrected chi connectivity index (χ3v) is 5.35. The molecule has 0 saturated carbocycles. The number of nitrogens with zero attached hydrogens (tertiary/aromatic N) is 1. The number of carbonyl (C=O) groups is 1. The van der Waals surface area contributed by atoms with E-state index in [1.807, 2.05) is 13.0 Å². The molecule has 0 fully saturated rings. The molecule has 1 aromatic heterocycles. The van der Waals surface area contributed by atoms with Crippen molar-refractivity contribution in [2.45, 2.75) is 18.2 Å². The number of anilines is 1. The van der Waals surface area contributed by atoms with Crippen LogP contribution in [0.2, 0.25) is 0 Å². The van der Waals surface area contributed by atoms with Crippen LogP contribution in [0.3, 0.4) is 0 Å². The highest BCUT2D eigenvalue weighted by molar-refractivity contribution is 7.89. The Morgan fingerprint density at radius 2 is 2.08 bits per heavy atom. The fraction of sp³-hybridized carbons (Fsp3) is 0.235. The van der Waals surface area contributed by atoms with Crippen molar-refractivity contribution >= 4 is 27.7 Å². The number of benzene rings is 1. The van der Waals surface area contributed by atoms with E-state index in [-0.39, 0.29) is 10.8 Å². The lowest BCUT2D eigenvalue weighted by Gasteiger charge is -2.15. The molecule has 24 heavy (non-hydrogen) atoms. The van der Waals surface area contributed by atoms with E-state index >= 15 is 0 Å². The topological polar surface area (TPSA) is 79.6 Å². The standard InChI is InChI=1S/C17H18N2O4S/c1-12-3-4-14(23-12)5-8-17(20)19-10-9-13-11-15(6-7-16(13)19)24(21,22)18-2/h3-8,11,18H,9-10H2,1-2H3/b8-5+. The summed E-state index contributed by atoms with van der Waals surface area (Å²) in [6.07, 6.45) is 3.72. The van der Waals surface area contributed by atoms with E-state index in [1.54, 1.807) is 29.2 Å². The molecule has 1 N–H and O–H groups in total. The number of hydrogen-bond acceptors (Lipinski definition) is 4. The number of furan rings is 1. The summed E-state index contributed by atoms with van der Waals surface area (Å²) >= 11 is 0. The first-order valence-corrected chi connectivity index (χ1v) is 9.01. The lowest BCUT2D eigenvalue weighted by molar-refractivity contribution is -0.114. The molecule has 0 aliphatic carbocycles. The van der Waals surface area contributed by atoms with E-state index in [2.05, 4.69) is 4.72 Å². The highest BCUT2D eigenvalue weighted by atomic mass is 32.2. The molecule has 1 amide bonds. The third-order valence-electron chi connectivity index (χ3n) is 3.94. The van der Waals surface area contributed by atoms with Crippen LogP contribution in [0.5, 0.6) is 0 Å². The second kappa shape index (κ2) is 6.26. The molecular weight excluding hydrogens is 328 g/mol. The average Bonchev–Trinajstić information content (AvgIpc) is 3.18. The molecule has 0 bridgehead atoms. The second-order valence-corrected chi connectivity index (χ2v) is 7.41. The van der Waals surface area contributed by atoms with Gasteiger partial charge in [-0.1, -0.05) is 0 Å². The molecule has 1 aliphatic heterocycles. The van der Waals surface area contributed by atoms with Gasteiger partial charge in [-0.3, -0.25) is 4.79 Å². The van der Waals surface area contributed by atoms with Gasteiger partial charge in [0.05, 0.1) is 4.90 Å². The molecule has 0 atom stereocenters. The first-order valence-electron chi connectivity index (χ1n) is 7.53. The molecule has 7 heteroatoms. The van der Waals surface area contributed by atoms with E-state index in [1.165, 1.54) is 19.2 Å². The lowest BCUT2D eigenvalue weighted by Crippen LogP contribution is -2.26. The van der Waals surface area contributed by atoms with Crippen molar-refractivity contribution in [3.05, 3.63) is 53.5 Å². The fourth-order valence-corrected chi connectivity index (χ4v) is 3.46. The van der Waals surface area contributed by atoms with Crippen molar-refractivity contribution in [2.24, 2.45) is 0 Å². The van der Waals surface area contributed by atoms with Gasteiger partial charge in [0, 0.05) is 18.3 Å². The second-order valence-electron chi connectivity index (χ2n) is 5.52. The van der Waals surface area contributed by atoms with Crippen LogP contribution in [0.4, 0.5) is 5.69 Å². The molecule has 1 aromatic carbocycles. The van der Waals surface area contributed by atoms with Crippen LogP contribution < -0.4 is 9.62 Å². The molecule has 0 saturated heterocycles. The molecule has 6 nitrogen and oxygen atoms in total. The minimum Gasteiger partial charge on any atom is -0.462 e. The number of sulfonamides is 1. The van der Waals surface area contributed by atoms with Crippen LogP contribution >= 0.6 is 0 Å². The fourth-order valence-electron chi connectivity index (χ4n) is 2.68. The molecule has 0 radical (unpaired) electrons. The number of carbonyl (C=O) groups excluding carboxylic acids is 1. The van der Waals surface area contributed by atoms with Gasteiger partial charge in [0.2, 0.25) is 10.0 Å². The van der Waals surface area contributed by atoms with Gasteiger partial charge in [-0.15, -0.1) is 0 Å². The quantitative estimate of drug-likeness (QED) is 0.860. The summed E-state index contributed by atoms with van der Waals surface area (Å²) in [6, 6.07) is 8.43. The maximum Gasteiger partial charge on any atom is 0.251 e. The number of aryl methyl sites for hydroxylation is 1. The normalized spacial score (nSPS) is 14.3.